The lowest BCUT2D eigenvalue weighted by molar-refractivity contribution is -0.118. The first-order chi connectivity index (χ1) is 14.5. The van der Waals surface area contributed by atoms with Crippen molar-refractivity contribution in [2.45, 2.75) is 55.8 Å². The fraction of sp³-hybridized carbons (Fsp3) is 0.474. The predicted molar refractivity (Wildman–Crippen MR) is 107 cm³/mol. The molecular formula is C19H22F2N6O2S. The Morgan fingerprint density at radius 1 is 1.30 bits per heavy atom. The second-order valence-electron chi connectivity index (χ2n) is 7.06. The van der Waals surface area contributed by atoms with E-state index >= 15 is 0 Å². The van der Waals surface area contributed by atoms with Crippen LogP contribution in [0.25, 0.3) is 11.0 Å². The second-order valence-corrected chi connectivity index (χ2v) is 8.01. The zero-order valence-electron chi connectivity index (χ0n) is 16.2. The number of rotatable bonds is 9. The number of benzene rings is 1. The number of halogens is 2. The van der Waals surface area contributed by atoms with Gasteiger partial charge in [0.15, 0.2) is 5.16 Å². The van der Waals surface area contributed by atoms with E-state index in [4.69, 9.17) is 10.5 Å². The van der Waals surface area contributed by atoms with Crippen LogP contribution >= 0.6 is 11.8 Å². The van der Waals surface area contributed by atoms with Crippen LogP contribution < -0.4 is 5.73 Å². The molecule has 3 heterocycles. The van der Waals surface area contributed by atoms with Gasteiger partial charge in [-0.05, 0) is 25.0 Å². The van der Waals surface area contributed by atoms with E-state index in [9.17, 15) is 13.6 Å². The van der Waals surface area contributed by atoms with Gasteiger partial charge in [-0.3, -0.25) is 9.36 Å². The summed E-state index contributed by atoms with van der Waals surface area (Å²) in [5.41, 5.74) is 6.19. The number of hydrogen-bond donors (Lipinski definition) is 1. The number of imidazole rings is 1. The first-order valence-corrected chi connectivity index (χ1v) is 10.7. The molecule has 1 saturated heterocycles. The van der Waals surface area contributed by atoms with Gasteiger partial charge in [-0.1, -0.05) is 23.9 Å². The molecule has 0 bridgehead atoms. The van der Waals surface area contributed by atoms with E-state index < -0.39 is 12.5 Å². The Balaban J connectivity index is 1.57. The highest BCUT2D eigenvalue weighted by atomic mass is 32.2. The lowest BCUT2D eigenvalue weighted by atomic mass is 10.2. The average molecular weight is 436 g/mol. The standard InChI is InChI=1S/C19H22F2N6O2S/c20-18(21)27-14-6-2-1-5-13(14)23-17(27)11-30-19-25-24-16(8-7-15(22)28)26(19)10-12-4-3-9-29-12/h1-2,5-6,12,18H,3-4,7-11H2,(H2,22,28). The fourth-order valence-corrected chi connectivity index (χ4v) is 4.46. The number of hydrogen-bond acceptors (Lipinski definition) is 6. The molecule has 11 heteroatoms. The van der Waals surface area contributed by atoms with Crippen molar-refractivity contribution in [3.63, 3.8) is 0 Å². The number of amides is 1. The van der Waals surface area contributed by atoms with Crippen LogP contribution in [0.4, 0.5) is 8.78 Å². The molecule has 30 heavy (non-hydrogen) atoms. The molecule has 0 spiro atoms. The topological polar surface area (TPSA) is 101 Å². The van der Waals surface area contributed by atoms with Crippen LogP contribution in [0, 0.1) is 0 Å². The molecule has 2 aromatic heterocycles. The molecule has 1 aromatic carbocycles. The zero-order valence-corrected chi connectivity index (χ0v) is 17.0. The highest BCUT2D eigenvalue weighted by Crippen LogP contribution is 2.29. The number of fused-ring (bicyclic) bond motifs is 1. The van der Waals surface area contributed by atoms with E-state index in [-0.39, 0.29) is 24.1 Å². The minimum atomic E-state index is -2.69. The number of ether oxygens (including phenoxy) is 1. The smallest absolute Gasteiger partial charge is 0.320 e. The van der Waals surface area contributed by atoms with Gasteiger partial charge in [-0.25, -0.2) is 4.98 Å². The van der Waals surface area contributed by atoms with Crippen molar-refractivity contribution in [2.75, 3.05) is 6.61 Å². The number of aryl methyl sites for hydroxylation is 1. The molecule has 160 valence electrons. The minimum absolute atomic E-state index is 0.0401. The Kier molecular flexibility index (Phi) is 6.28. The van der Waals surface area contributed by atoms with Crippen LogP contribution in [0.3, 0.4) is 0 Å². The van der Waals surface area contributed by atoms with Gasteiger partial charge in [0.05, 0.1) is 29.4 Å². The maximum absolute atomic E-state index is 13.7. The summed E-state index contributed by atoms with van der Waals surface area (Å²) in [5.74, 6) is 0.690. The van der Waals surface area contributed by atoms with Gasteiger partial charge < -0.3 is 15.0 Å². The molecule has 1 aliphatic rings. The fourth-order valence-electron chi connectivity index (χ4n) is 3.56. The molecule has 8 nitrogen and oxygen atoms in total. The number of aromatic nitrogens is 5. The highest BCUT2D eigenvalue weighted by molar-refractivity contribution is 7.98. The molecule has 0 radical (unpaired) electrons. The molecule has 1 aliphatic heterocycles. The number of alkyl halides is 2. The summed E-state index contributed by atoms with van der Waals surface area (Å²) in [6, 6.07) is 6.82. The summed E-state index contributed by atoms with van der Waals surface area (Å²) in [7, 11) is 0. The van der Waals surface area contributed by atoms with E-state index in [1.807, 2.05) is 4.57 Å². The van der Waals surface area contributed by atoms with Crippen LogP contribution in [0.5, 0.6) is 0 Å². The largest absolute Gasteiger partial charge is 0.376 e. The van der Waals surface area contributed by atoms with Crippen LogP contribution in [0.15, 0.2) is 29.4 Å². The monoisotopic (exact) mass is 436 g/mol. The highest BCUT2D eigenvalue weighted by Gasteiger charge is 2.23. The number of primary amides is 1. The Morgan fingerprint density at radius 3 is 2.87 bits per heavy atom. The molecular weight excluding hydrogens is 414 g/mol. The molecule has 1 amide bonds. The van der Waals surface area contributed by atoms with Crippen molar-refractivity contribution >= 4 is 28.7 Å². The van der Waals surface area contributed by atoms with E-state index in [0.717, 1.165) is 17.4 Å². The van der Waals surface area contributed by atoms with Gasteiger partial charge in [0, 0.05) is 19.4 Å². The Morgan fingerprint density at radius 2 is 2.13 bits per heavy atom. The summed E-state index contributed by atoms with van der Waals surface area (Å²) < 4.78 is 35.9. The minimum Gasteiger partial charge on any atom is -0.376 e. The van der Waals surface area contributed by atoms with Gasteiger partial charge in [-0.15, -0.1) is 10.2 Å². The molecule has 3 aromatic rings. The molecule has 1 unspecified atom stereocenters. The number of thioether (sulfide) groups is 1. The maximum Gasteiger partial charge on any atom is 0.320 e. The summed E-state index contributed by atoms with van der Waals surface area (Å²) in [4.78, 5) is 15.6. The first-order valence-electron chi connectivity index (χ1n) is 9.71. The van der Waals surface area contributed by atoms with Crippen LogP contribution in [-0.2, 0) is 28.2 Å². The van der Waals surface area contributed by atoms with Gasteiger partial charge in [0.25, 0.3) is 0 Å². The van der Waals surface area contributed by atoms with Crippen LogP contribution in [0.1, 0.15) is 37.5 Å². The summed E-state index contributed by atoms with van der Waals surface area (Å²) >= 11 is 1.29. The molecule has 1 atom stereocenters. The molecule has 2 N–H and O–H groups in total. The predicted octanol–water partition coefficient (Wildman–Crippen LogP) is 2.91. The molecule has 4 rings (SSSR count). The summed E-state index contributed by atoms with van der Waals surface area (Å²) in [5, 5.41) is 9.00. The molecule has 0 aliphatic carbocycles. The van der Waals surface area contributed by atoms with Crippen molar-refractivity contribution in [3.05, 3.63) is 35.9 Å². The lowest BCUT2D eigenvalue weighted by Gasteiger charge is -2.14. The third kappa shape index (κ3) is 4.46. The maximum atomic E-state index is 13.7. The third-order valence-corrected chi connectivity index (χ3v) is 5.96. The van der Waals surface area contributed by atoms with E-state index in [0.29, 0.717) is 41.6 Å². The van der Waals surface area contributed by atoms with Crippen molar-refractivity contribution in [1.82, 2.24) is 24.3 Å². The quantitative estimate of drug-likeness (QED) is 0.518. The lowest BCUT2D eigenvalue weighted by Crippen LogP contribution is -2.19. The van der Waals surface area contributed by atoms with E-state index in [2.05, 4.69) is 15.2 Å². The average Bonchev–Trinajstić information content (AvgIpc) is 3.43. The Labute approximate surface area is 175 Å². The number of carbonyl (C=O) groups is 1. The third-order valence-electron chi connectivity index (χ3n) is 4.99. The number of nitrogens with two attached hydrogens (primary N) is 1. The van der Waals surface area contributed by atoms with Crippen LogP contribution in [0.2, 0.25) is 0 Å². The van der Waals surface area contributed by atoms with Gasteiger partial charge in [0.1, 0.15) is 11.6 Å². The van der Waals surface area contributed by atoms with Crippen molar-refractivity contribution < 1.29 is 18.3 Å². The Bertz CT molecular complexity index is 1030. The van der Waals surface area contributed by atoms with Crippen LogP contribution in [-0.4, -0.2) is 42.9 Å². The summed E-state index contributed by atoms with van der Waals surface area (Å²) in [6.45, 7) is -1.43. The zero-order chi connectivity index (χ0) is 21.1. The van der Waals surface area contributed by atoms with Gasteiger partial charge in [0.2, 0.25) is 5.91 Å². The number of carbonyl (C=O) groups excluding carboxylic acids is 1. The van der Waals surface area contributed by atoms with Gasteiger partial charge in [-0.2, -0.15) is 8.78 Å². The van der Waals surface area contributed by atoms with Gasteiger partial charge >= 0.3 is 6.55 Å². The van der Waals surface area contributed by atoms with Crippen molar-refractivity contribution in [3.8, 4) is 0 Å². The van der Waals surface area contributed by atoms with Crippen molar-refractivity contribution in [1.29, 1.82) is 0 Å². The molecule has 1 fully saturated rings. The van der Waals surface area contributed by atoms with Crippen molar-refractivity contribution in [2.24, 2.45) is 5.73 Å². The normalized spacial score (nSPS) is 16.7. The second kappa shape index (κ2) is 9.09. The molecule has 0 saturated carbocycles. The number of para-hydroxylation sites is 2. The first kappa shape index (κ1) is 20.7. The number of nitrogens with zero attached hydrogens (tertiary/aromatic N) is 5. The van der Waals surface area contributed by atoms with E-state index in [1.54, 1.807) is 24.3 Å². The van der Waals surface area contributed by atoms with E-state index in [1.165, 1.54) is 11.8 Å². The SMILES string of the molecule is NC(=O)CCc1nnc(SCc2nc3ccccc3n2C(F)F)n1CC1CCCO1. The Hall–Kier alpha value is -2.53. The summed E-state index contributed by atoms with van der Waals surface area (Å²) in [6.07, 6.45) is 2.49.